The summed E-state index contributed by atoms with van der Waals surface area (Å²) in [5, 5.41) is 19.7. The lowest BCUT2D eigenvalue weighted by Gasteiger charge is -2.34. The van der Waals surface area contributed by atoms with Crippen molar-refractivity contribution in [3.8, 4) is 0 Å². The van der Waals surface area contributed by atoms with E-state index in [1.807, 2.05) is 4.90 Å². The van der Waals surface area contributed by atoms with Crippen molar-refractivity contribution < 1.29 is 10.0 Å². The van der Waals surface area contributed by atoms with Gasteiger partial charge in [0.25, 0.3) is 5.69 Å². The molecule has 0 radical (unpaired) electrons. The van der Waals surface area contributed by atoms with Crippen LogP contribution in [0.25, 0.3) is 0 Å². The van der Waals surface area contributed by atoms with Crippen LogP contribution in [-0.2, 0) is 0 Å². The second-order valence-electron chi connectivity index (χ2n) is 4.42. The van der Waals surface area contributed by atoms with Crippen molar-refractivity contribution in [2.45, 2.75) is 0 Å². The first-order valence-corrected chi connectivity index (χ1v) is 6.10. The number of nitrogens with zero attached hydrogens (tertiary/aromatic N) is 4. The van der Waals surface area contributed by atoms with Crippen LogP contribution < -0.4 is 10.6 Å². The fourth-order valence-electron chi connectivity index (χ4n) is 2.13. The predicted molar refractivity (Wildman–Crippen MR) is 71.0 cm³/mol. The van der Waals surface area contributed by atoms with E-state index in [-0.39, 0.29) is 18.1 Å². The molecule has 1 saturated heterocycles. The maximum absolute atomic E-state index is 10.8. The Hall–Kier alpha value is -1.93. The zero-order valence-electron chi connectivity index (χ0n) is 10.5. The molecule has 19 heavy (non-hydrogen) atoms. The molecule has 0 aliphatic carbocycles. The average molecular weight is 267 g/mol. The monoisotopic (exact) mass is 267 g/mol. The molecule has 0 atom stereocenters. The minimum absolute atomic E-state index is 0.0414. The Bertz CT molecular complexity index is 460. The molecule has 0 saturated carbocycles. The number of aliphatic hydroxyl groups excluding tert-OH is 1. The van der Waals surface area contributed by atoms with E-state index in [0.29, 0.717) is 25.5 Å². The zero-order chi connectivity index (χ0) is 13.8. The number of nitrogens with two attached hydrogens (primary N) is 1. The SMILES string of the molecule is Nc1cc([N+](=O)[O-])cc(N2CCN(CCO)CC2)n1. The minimum atomic E-state index is -0.469. The van der Waals surface area contributed by atoms with Gasteiger partial charge in [0.05, 0.1) is 23.7 Å². The zero-order valence-corrected chi connectivity index (χ0v) is 10.5. The van der Waals surface area contributed by atoms with Crippen molar-refractivity contribution in [1.29, 1.82) is 0 Å². The Balaban J connectivity index is 2.09. The van der Waals surface area contributed by atoms with Gasteiger partial charge in [0.2, 0.25) is 0 Å². The standard InChI is InChI=1S/C11H17N5O3/c12-10-7-9(16(18)19)8-11(13-10)15-3-1-14(2-4-15)5-6-17/h7-8,17H,1-6H2,(H2,12,13). The van der Waals surface area contributed by atoms with Gasteiger partial charge in [-0.25, -0.2) is 4.98 Å². The molecule has 0 unspecified atom stereocenters. The third-order valence-corrected chi connectivity index (χ3v) is 3.14. The summed E-state index contributed by atoms with van der Waals surface area (Å²) in [6.45, 7) is 3.82. The fourth-order valence-corrected chi connectivity index (χ4v) is 2.13. The van der Waals surface area contributed by atoms with Crippen molar-refractivity contribution in [3.63, 3.8) is 0 Å². The lowest BCUT2D eigenvalue weighted by Crippen LogP contribution is -2.47. The molecule has 8 heteroatoms. The van der Waals surface area contributed by atoms with Crippen LogP contribution in [0.3, 0.4) is 0 Å². The highest BCUT2D eigenvalue weighted by molar-refractivity contribution is 5.54. The summed E-state index contributed by atoms with van der Waals surface area (Å²) < 4.78 is 0. The van der Waals surface area contributed by atoms with Gasteiger partial charge in [-0.05, 0) is 0 Å². The van der Waals surface area contributed by atoms with E-state index in [1.54, 1.807) is 0 Å². The fraction of sp³-hybridized carbons (Fsp3) is 0.545. The maximum Gasteiger partial charge on any atom is 0.276 e. The van der Waals surface area contributed by atoms with E-state index in [4.69, 9.17) is 10.8 Å². The summed E-state index contributed by atoms with van der Waals surface area (Å²) in [7, 11) is 0. The van der Waals surface area contributed by atoms with Gasteiger partial charge in [-0.15, -0.1) is 0 Å². The number of piperazine rings is 1. The highest BCUT2D eigenvalue weighted by Gasteiger charge is 2.20. The number of nitro groups is 1. The lowest BCUT2D eigenvalue weighted by atomic mass is 10.3. The number of aromatic nitrogens is 1. The summed E-state index contributed by atoms with van der Waals surface area (Å²) >= 11 is 0. The van der Waals surface area contributed by atoms with E-state index in [0.717, 1.165) is 13.1 Å². The molecule has 3 N–H and O–H groups in total. The summed E-state index contributed by atoms with van der Waals surface area (Å²) in [5.74, 6) is 0.692. The van der Waals surface area contributed by atoms with E-state index in [9.17, 15) is 10.1 Å². The molecule has 2 rings (SSSR count). The third-order valence-electron chi connectivity index (χ3n) is 3.14. The molecule has 2 heterocycles. The molecular formula is C11H17N5O3. The van der Waals surface area contributed by atoms with Crippen molar-refractivity contribution >= 4 is 17.3 Å². The Morgan fingerprint density at radius 3 is 2.63 bits per heavy atom. The normalized spacial score (nSPS) is 16.6. The summed E-state index contributed by atoms with van der Waals surface area (Å²) in [6, 6.07) is 2.70. The number of hydrogen-bond donors (Lipinski definition) is 2. The smallest absolute Gasteiger partial charge is 0.276 e. The van der Waals surface area contributed by atoms with E-state index < -0.39 is 4.92 Å². The quantitative estimate of drug-likeness (QED) is 0.568. The van der Waals surface area contributed by atoms with Gasteiger partial charge in [0.15, 0.2) is 0 Å². The van der Waals surface area contributed by atoms with Crippen molar-refractivity contribution in [3.05, 3.63) is 22.2 Å². The number of hydrogen-bond acceptors (Lipinski definition) is 7. The Morgan fingerprint density at radius 2 is 2.05 bits per heavy atom. The van der Waals surface area contributed by atoms with Crippen LogP contribution in [0.5, 0.6) is 0 Å². The summed E-state index contributed by atoms with van der Waals surface area (Å²) in [5.41, 5.74) is 5.55. The lowest BCUT2D eigenvalue weighted by molar-refractivity contribution is -0.384. The Morgan fingerprint density at radius 1 is 1.37 bits per heavy atom. The van der Waals surface area contributed by atoms with Crippen molar-refractivity contribution in [2.75, 3.05) is 50.0 Å². The molecule has 0 amide bonds. The first-order chi connectivity index (χ1) is 9.10. The third kappa shape index (κ3) is 3.30. The molecule has 1 aromatic heterocycles. The molecule has 8 nitrogen and oxygen atoms in total. The van der Waals surface area contributed by atoms with Gasteiger partial charge in [0.1, 0.15) is 11.6 Å². The first kappa shape index (κ1) is 13.5. The maximum atomic E-state index is 10.8. The average Bonchev–Trinajstić information content (AvgIpc) is 2.39. The van der Waals surface area contributed by atoms with Crippen LogP contribution in [0.15, 0.2) is 12.1 Å². The number of nitrogen functional groups attached to an aromatic ring is 1. The Kier molecular flexibility index (Phi) is 4.13. The van der Waals surface area contributed by atoms with Crippen LogP contribution in [0, 0.1) is 10.1 Å². The number of β-amino-alcohol motifs (C(OH)–C–C–N with tert-alkyl or cyclic N) is 1. The van der Waals surface area contributed by atoms with Crippen LogP contribution in [0.1, 0.15) is 0 Å². The van der Waals surface area contributed by atoms with E-state index >= 15 is 0 Å². The molecule has 1 fully saturated rings. The molecule has 104 valence electrons. The molecule has 1 aliphatic rings. The highest BCUT2D eigenvalue weighted by Crippen LogP contribution is 2.22. The van der Waals surface area contributed by atoms with Gasteiger partial charge in [-0.1, -0.05) is 0 Å². The molecule has 0 aromatic carbocycles. The highest BCUT2D eigenvalue weighted by atomic mass is 16.6. The van der Waals surface area contributed by atoms with Gasteiger partial charge < -0.3 is 15.7 Å². The molecule has 1 aliphatic heterocycles. The van der Waals surface area contributed by atoms with Crippen molar-refractivity contribution in [2.24, 2.45) is 0 Å². The second-order valence-corrected chi connectivity index (χ2v) is 4.42. The van der Waals surface area contributed by atoms with Crippen LogP contribution >= 0.6 is 0 Å². The largest absolute Gasteiger partial charge is 0.395 e. The number of rotatable bonds is 4. The summed E-state index contributed by atoms with van der Waals surface area (Å²) in [6.07, 6.45) is 0. The number of pyridine rings is 1. The number of anilines is 2. The second kappa shape index (κ2) is 5.81. The first-order valence-electron chi connectivity index (χ1n) is 6.10. The molecule has 1 aromatic rings. The van der Waals surface area contributed by atoms with E-state index in [2.05, 4.69) is 9.88 Å². The van der Waals surface area contributed by atoms with E-state index in [1.165, 1.54) is 12.1 Å². The van der Waals surface area contributed by atoms with Gasteiger partial charge in [-0.2, -0.15) is 0 Å². The van der Waals surface area contributed by atoms with Gasteiger partial charge in [-0.3, -0.25) is 15.0 Å². The topological polar surface area (TPSA) is 109 Å². The minimum Gasteiger partial charge on any atom is -0.395 e. The van der Waals surface area contributed by atoms with Crippen LogP contribution in [-0.4, -0.2) is 59.2 Å². The molecule has 0 bridgehead atoms. The Labute approximate surface area is 110 Å². The van der Waals surface area contributed by atoms with Gasteiger partial charge >= 0.3 is 0 Å². The van der Waals surface area contributed by atoms with Crippen LogP contribution in [0.2, 0.25) is 0 Å². The number of aliphatic hydroxyl groups is 1. The molecule has 0 spiro atoms. The van der Waals surface area contributed by atoms with Crippen molar-refractivity contribution in [1.82, 2.24) is 9.88 Å². The molecular weight excluding hydrogens is 250 g/mol. The van der Waals surface area contributed by atoms with Crippen LogP contribution in [0.4, 0.5) is 17.3 Å². The predicted octanol–water partition coefficient (Wildman–Crippen LogP) is -0.314. The summed E-state index contributed by atoms with van der Waals surface area (Å²) in [4.78, 5) is 18.6. The van der Waals surface area contributed by atoms with Gasteiger partial charge in [0, 0.05) is 32.7 Å².